The molecular formula is C34H39N3O9S. The standard InChI is InChI=1S/C34H39N3O9S/c1-21(43-3)16-17-45-33(39)24-8-7-9-27(18-24)47(41,42)36-26-14-12-23(13-15-26)31-29(34(40)46-35-31)19-25-20-37(22(2)32(38)44-4)30-11-6-5-10-28(25)30/h5-6,10-15,19-22,24,27,36H,7-9,16-18H2,1-4H3/b29-19-. The van der Waals surface area contributed by atoms with Crippen LogP contribution < -0.4 is 4.72 Å². The zero-order chi connectivity index (χ0) is 33.7. The molecule has 1 aliphatic heterocycles. The lowest BCUT2D eigenvalue weighted by atomic mass is 9.89. The zero-order valence-corrected chi connectivity index (χ0v) is 27.6. The molecule has 1 saturated carbocycles. The summed E-state index contributed by atoms with van der Waals surface area (Å²) >= 11 is 0. The van der Waals surface area contributed by atoms with Gasteiger partial charge in [-0.3, -0.25) is 9.52 Å². The molecule has 4 unspecified atom stereocenters. The lowest BCUT2D eigenvalue weighted by Gasteiger charge is -2.28. The molecule has 0 saturated heterocycles. The van der Waals surface area contributed by atoms with Crippen LogP contribution in [0.2, 0.25) is 0 Å². The number of carbonyl (C=O) groups is 3. The molecule has 5 rings (SSSR count). The van der Waals surface area contributed by atoms with E-state index in [4.69, 9.17) is 19.0 Å². The van der Waals surface area contributed by atoms with Crippen molar-refractivity contribution in [3.8, 4) is 0 Å². The molecule has 0 bridgehead atoms. The first-order valence-corrected chi connectivity index (χ1v) is 17.1. The van der Waals surface area contributed by atoms with Crippen molar-refractivity contribution in [2.45, 2.75) is 63.3 Å². The van der Waals surface area contributed by atoms with Crippen LogP contribution in [-0.4, -0.2) is 68.8 Å². The fourth-order valence-corrected chi connectivity index (χ4v) is 7.46. The summed E-state index contributed by atoms with van der Waals surface area (Å²) in [5.74, 6) is -1.90. The fourth-order valence-electron chi connectivity index (χ4n) is 5.87. The Labute approximate surface area is 273 Å². The van der Waals surface area contributed by atoms with Gasteiger partial charge in [-0.05, 0) is 57.4 Å². The van der Waals surface area contributed by atoms with Gasteiger partial charge in [0.1, 0.15) is 11.8 Å². The Hall–Kier alpha value is -4.49. The van der Waals surface area contributed by atoms with E-state index in [2.05, 4.69) is 9.88 Å². The van der Waals surface area contributed by atoms with Gasteiger partial charge < -0.3 is 23.6 Å². The van der Waals surface area contributed by atoms with Gasteiger partial charge in [-0.15, -0.1) is 0 Å². The maximum Gasteiger partial charge on any atom is 0.368 e. The highest BCUT2D eigenvalue weighted by Gasteiger charge is 2.36. The number of benzene rings is 2. The van der Waals surface area contributed by atoms with Crippen LogP contribution in [0.4, 0.5) is 5.69 Å². The molecule has 13 heteroatoms. The smallest absolute Gasteiger partial charge is 0.368 e. The monoisotopic (exact) mass is 665 g/mol. The van der Waals surface area contributed by atoms with E-state index < -0.39 is 39.2 Å². The highest BCUT2D eigenvalue weighted by atomic mass is 32.2. The van der Waals surface area contributed by atoms with E-state index >= 15 is 0 Å². The highest BCUT2D eigenvalue weighted by molar-refractivity contribution is 7.93. The lowest BCUT2D eigenvalue weighted by Crippen LogP contribution is -2.35. The first-order valence-electron chi connectivity index (χ1n) is 15.5. The Morgan fingerprint density at radius 3 is 2.57 bits per heavy atom. The van der Waals surface area contributed by atoms with Gasteiger partial charge in [0, 0.05) is 47.4 Å². The van der Waals surface area contributed by atoms with Crippen molar-refractivity contribution in [2.24, 2.45) is 11.1 Å². The van der Waals surface area contributed by atoms with Crippen LogP contribution in [0, 0.1) is 5.92 Å². The van der Waals surface area contributed by atoms with E-state index in [1.807, 2.05) is 31.2 Å². The molecule has 2 heterocycles. The van der Waals surface area contributed by atoms with Crippen molar-refractivity contribution in [1.29, 1.82) is 0 Å². The third kappa shape index (κ3) is 7.57. The van der Waals surface area contributed by atoms with E-state index in [1.165, 1.54) is 7.11 Å². The third-order valence-corrected chi connectivity index (χ3v) is 10.5. The van der Waals surface area contributed by atoms with Crippen LogP contribution in [0.15, 0.2) is 65.5 Å². The largest absolute Gasteiger partial charge is 0.467 e. The first-order chi connectivity index (χ1) is 22.5. The van der Waals surface area contributed by atoms with Crippen LogP contribution in [0.25, 0.3) is 17.0 Å². The number of fused-ring (bicyclic) bond motifs is 1. The van der Waals surface area contributed by atoms with E-state index in [1.54, 1.807) is 55.1 Å². The highest BCUT2D eigenvalue weighted by Crippen LogP contribution is 2.32. The number of hydrogen-bond acceptors (Lipinski definition) is 10. The number of esters is 2. The molecule has 1 N–H and O–H groups in total. The van der Waals surface area contributed by atoms with Gasteiger partial charge in [0.25, 0.3) is 0 Å². The van der Waals surface area contributed by atoms with Gasteiger partial charge in [0.15, 0.2) is 0 Å². The van der Waals surface area contributed by atoms with Crippen LogP contribution in [-0.2, 0) is 43.5 Å². The molecule has 1 aliphatic carbocycles. The quantitative estimate of drug-likeness (QED) is 0.160. The maximum atomic E-state index is 13.3. The summed E-state index contributed by atoms with van der Waals surface area (Å²) in [4.78, 5) is 42.7. The number of nitrogens with one attached hydrogen (secondary N) is 1. The number of hydrogen-bond donors (Lipinski definition) is 1. The molecule has 4 atom stereocenters. The van der Waals surface area contributed by atoms with E-state index in [9.17, 15) is 22.8 Å². The summed E-state index contributed by atoms with van der Waals surface area (Å²) in [5, 5.41) is 4.07. The topological polar surface area (TPSA) is 152 Å². The number of aromatic nitrogens is 1. The number of nitrogens with zero attached hydrogens (tertiary/aromatic N) is 2. The first kappa shape index (κ1) is 33.9. The van der Waals surface area contributed by atoms with E-state index in [-0.39, 0.29) is 36.4 Å². The molecule has 2 aliphatic rings. The minimum Gasteiger partial charge on any atom is -0.467 e. The molecule has 3 aromatic rings. The number of sulfonamides is 1. The number of rotatable bonds is 12. The second-order valence-electron chi connectivity index (χ2n) is 11.8. The van der Waals surface area contributed by atoms with Gasteiger partial charge in [-0.2, -0.15) is 0 Å². The van der Waals surface area contributed by atoms with E-state index in [0.717, 1.165) is 10.9 Å². The molecule has 0 radical (unpaired) electrons. The molecule has 250 valence electrons. The second-order valence-corrected chi connectivity index (χ2v) is 13.8. The maximum absolute atomic E-state index is 13.3. The summed E-state index contributed by atoms with van der Waals surface area (Å²) < 4.78 is 46.6. The number of anilines is 1. The second kappa shape index (κ2) is 14.5. The minimum absolute atomic E-state index is 0.0365. The van der Waals surface area contributed by atoms with Crippen LogP contribution in [0.1, 0.15) is 63.1 Å². The van der Waals surface area contributed by atoms with E-state index in [0.29, 0.717) is 42.5 Å². The molecule has 12 nitrogen and oxygen atoms in total. The van der Waals surface area contributed by atoms with Crippen molar-refractivity contribution in [3.05, 3.63) is 71.4 Å². The number of carbonyl (C=O) groups excluding carboxylic acids is 3. The predicted molar refractivity (Wildman–Crippen MR) is 176 cm³/mol. The average Bonchev–Trinajstić information content (AvgIpc) is 3.64. The lowest BCUT2D eigenvalue weighted by molar-refractivity contribution is -0.150. The Balaban J connectivity index is 1.29. The summed E-state index contributed by atoms with van der Waals surface area (Å²) in [7, 11) is -0.876. The summed E-state index contributed by atoms with van der Waals surface area (Å²) in [6, 6.07) is 13.4. The number of methoxy groups -OCH3 is 2. The van der Waals surface area contributed by atoms with Crippen molar-refractivity contribution < 1.29 is 41.8 Å². The van der Waals surface area contributed by atoms with Crippen molar-refractivity contribution in [2.75, 3.05) is 25.5 Å². The van der Waals surface area contributed by atoms with Crippen LogP contribution in [0.5, 0.6) is 0 Å². The Bertz CT molecular complexity index is 1810. The van der Waals surface area contributed by atoms with Gasteiger partial charge in [0.05, 0.1) is 36.6 Å². The van der Waals surface area contributed by atoms with Crippen molar-refractivity contribution in [1.82, 2.24) is 4.57 Å². The SMILES string of the molecule is COC(=O)C(C)n1cc(/C=C2\C(=O)ON=C2c2ccc(NS(=O)(=O)C3CCCC(C(=O)OCCC(C)OC)C3)cc2)c2ccccc21. The predicted octanol–water partition coefficient (Wildman–Crippen LogP) is 4.99. The molecule has 47 heavy (non-hydrogen) atoms. The Morgan fingerprint density at radius 1 is 1.11 bits per heavy atom. The van der Waals surface area contributed by atoms with Gasteiger partial charge in [-0.25, -0.2) is 18.0 Å². The van der Waals surface area contributed by atoms with Crippen molar-refractivity contribution >= 4 is 56.3 Å². The fraction of sp³-hybridized carbons (Fsp3) is 0.412. The molecule has 0 spiro atoms. The van der Waals surface area contributed by atoms with Crippen LogP contribution in [0.3, 0.4) is 0 Å². The molecule has 1 aromatic heterocycles. The molecular weight excluding hydrogens is 626 g/mol. The zero-order valence-electron chi connectivity index (χ0n) is 26.8. The summed E-state index contributed by atoms with van der Waals surface area (Å²) in [6.45, 7) is 3.84. The number of oxime groups is 1. The molecule has 2 aromatic carbocycles. The Kier molecular flexibility index (Phi) is 10.5. The van der Waals surface area contributed by atoms with Gasteiger partial charge in [-0.1, -0.05) is 41.9 Å². The minimum atomic E-state index is -3.80. The molecule has 0 amide bonds. The van der Waals surface area contributed by atoms with Crippen molar-refractivity contribution in [3.63, 3.8) is 0 Å². The van der Waals surface area contributed by atoms with Crippen LogP contribution >= 0.6 is 0 Å². The summed E-state index contributed by atoms with van der Waals surface area (Å²) in [5.41, 5.74) is 2.85. The Morgan fingerprint density at radius 2 is 1.85 bits per heavy atom. The third-order valence-electron chi connectivity index (χ3n) is 8.71. The number of para-hydroxylation sites is 1. The van der Waals surface area contributed by atoms with Gasteiger partial charge >= 0.3 is 17.9 Å². The normalized spacial score (nSPS) is 20.4. The number of ether oxygens (including phenoxy) is 3. The average molecular weight is 666 g/mol. The van der Waals surface area contributed by atoms with Gasteiger partial charge in [0.2, 0.25) is 10.0 Å². The summed E-state index contributed by atoms with van der Waals surface area (Å²) in [6.07, 6.45) is 5.78. The molecule has 1 fully saturated rings.